The van der Waals surface area contributed by atoms with Gasteiger partial charge >= 0.3 is 0 Å². The fourth-order valence-electron chi connectivity index (χ4n) is 3.92. The van der Waals surface area contributed by atoms with Crippen molar-refractivity contribution in [2.45, 2.75) is 116 Å². The zero-order chi connectivity index (χ0) is 20.1. The Bertz CT molecular complexity index is 420. The molecular formula is C26H47NO. The van der Waals surface area contributed by atoms with Crippen LogP contribution in [0.15, 0.2) is 30.3 Å². The average molecular weight is 390 g/mol. The van der Waals surface area contributed by atoms with E-state index in [2.05, 4.69) is 36.1 Å². The van der Waals surface area contributed by atoms with Crippen LogP contribution in [0.3, 0.4) is 0 Å². The number of aliphatic hydroxyl groups excluding tert-OH is 1. The van der Waals surface area contributed by atoms with E-state index < -0.39 is 0 Å². The molecule has 0 atom stereocenters. The number of hydrogen-bond acceptors (Lipinski definition) is 2. The molecule has 162 valence electrons. The maximum absolute atomic E-state index is 9.54. The Morgan fingerprint density at radius 2 is 1.04 bits per heavy atom. The highest BCUT2D eigenvalue weighted by Crippen LogP contribution is 2.14. The highest BCUT2D eigenvalue weighted by Gasteiger charge is 2.04. The predicted molar refractivity (Wildman–Crippen MR) is 123 cm³/mol. The second-order valence-electron chi connectivity index (χ2n) is 8.48. The number of rotatable bonds is 20. The highest BCUT2D eigenvalue weighted by molar-refractivity contribution is 5.14. The minimum atomic E-state index is 0.160. The van der Waals surface area contributed by atoms with Crippen molar-refractivity contribution < 1.29 is 5.11 Å². The monoisotopic (exact) mass is 389 g/mol. The molecule has 2 heteroatoms. The summed E-state index contributed by atoms with van der Waals surface area (Å²) in [5.41, 5.74) is 1.29. The smallest absolute Gasteiger partial charge is 0.0959 e. The summed E-state index contributed by atoms with van der Waals surface area (Å²) in [6.07, 6.45) is 22.4. The summed E-state index contributed by atoms with van der Waals surface area (Å²) in [6.45, 7) is 4.31. The number of unbranched alkanes of at least 4 members (excludes halogenated alkanes) is 15. The predicted octanol–water partition coefficient (Wildman–Crippen LogP) is 7.70. The molecule has 2 nitrogen and oxygen atoms in total. The number of benzene rings is 1. The summed E-state index contributed by atoms with van der Waals surface area (Å²) in [4.78, 5) is 2.14. The Kier molecular flexibility index (Phi) is 17.5. The maximum Gasteiger partial charge on any atom is 0.0959 e. The molecule has 0 saturated heterocycles. The van der Waals surface area contributed by atoms with Gasteiger partial charge in [-0.05, 0) is 12.0 Å². The van der Waals surface area contributed by atoms with Gasteiger partial charge in [-0.2, -0.15) is 0 Å². The van der Waals surface area contributed by atoms with E-state index in [0.717, 1.165) is 13.1 Å². The third kappa shape index (κ3) is 15.1. The standard InChI is InChI=1S/C26H47NO/c1-2-3-4-5-6-7-8-9-10-11-12-13-14-15-16-20-23-27(25-28)24-26-21-18-17-19-22-26/h17-19,21-22,28H,2-16,20,23-25H2,1H3. The third-order valence-electron chi connectivity index (χ3n) is 5.78. The molecular weight excluding hydrogens is 342 g/mol. The Hall–Kier alpha value is -0.860. The third-order valence-corrected chi connectivity index (χ3v) is 5.78. The van der Waals surface area contributed by atoms with Crippen LogP contribution < -0.4 is 0 Å². The van der Waals surface area contributed by atoms with E-state index in [0.29, 0.717) is 0 Å². The maximum atomic E-state index is 9.54. The molecule has 0 amide bonds. The summed E-state index contributed by atoms with van der Waals surface area (Å²) >= 11 is 0. The van der Waals surface area contributed by atoms with Gasteiger partial charge in [-0.15, -0.1) is 0 Å². The van der Waals surface area contributed by atoms with E-state index in [1.54, 1.807) is 0 Å². The molecule has 0 aliphatic carbocycles. The van der Waals surface area contributed by atoms with Crippen molar-refractivity contribution in [3.05, 3.63) is 35.9 Å². The summed E-state index contributed by atoms with van der Waals surface area (Å²) < 4.78 is 0. The molecule has 1 rings (SSSR count). The molecule has 0 aliphatic rings. The molecule has 1 aromatic carbocycles. The lowest BCUT2D eigenvalue weighted by atomic mass is 10.0. The van der Waals surface area contributed by atoms with Crippen LogP contribution in [0.25, 0.3) is 0 Å². The first-order chi connectivity index (χ1) is 13.9. The molecule has 1 aromatic rings. The molecule has 28 heavy (non-hydrogen) atoms. The lowest BCUT2D eigenvalue weighted by Gasteiger charge is -2.19. The Morgan fingerprint density at radius 1 is 0.607 bits per heavy atom. The molecule has 0 unspecified atom stereocenters. The Balaban J connectivity index is 1.81. The number of aliphatic hydroxyl groups is 1. The van der Waals surface area contributed by atoms with Gasteiger partial charge in [-0.25, -0.2) is 0 Å². The van der Waals surface area contributed by atoms with Gasteiger partial charge in [0.05, 0.1) is 6.73 Å². The van der Waals surface area contributed by atoms with E-state index in [1.165, 1.54) is 108 Å². The van der Waals surface area contributed by atoms with Crippen molar-refractivity contribution in [2.75, 3.05) is 13.3 Å². The van der Waals surface area contributed by atoms with Crippen LogP contribution in [-0.2, 0) is 6.54 Å². The van der Waals surface area contributed by atoms with Crippen molar-refractivity contribution in [3.63, 3.8) is 0 Å². The summed E-state index contributed by atoms with van der Waals surface area (Å²) in [5.74, 6) is 0. The summed E-state index contributed by atoms with van der Waals surface area (Å²) in [6, 6.07) is 10.5. The van der Waals surface area contributed by atoms with E-state index in [4.69, 9.17) is 0 Å². The minimum Gasteiger partial charge on any atom is -0.381 e. The molecule has 0 bridgehead atoms. The van der Waals surface area contributed by atoms with Crippen LogP contribution in [-0.4, -0.2) is 23.3 Å². The normalized spacial score (nSPS) is 11.4. The number of nitrogens with zero attached hydrogens (tertiary/aromatic N) is 1. The highest BCUT2D eigenvalue weighted by atomic mass is 16.3. The van der Waals surface area contributed by atoms with Crippen molar-refractivity contribution >= 4 is 0 Å². The van der Waals surface area contributed by atoms with Gasteiger partial charge in [0.2, 0.25) is 0 Å². The van der Waals surface area contributed by atoms with E-state index in [1.807, 2.05) is 6.07 Å². The van der Waals surface area contributed by atoms with Crippen LogP contribution in [0.1, 0.15) is 115 Å². The quantitative estimate of drug-likeness (QED) is 0.182. The van der Waals surface area contributed by atoms with Crippen molar-refractivity contribution in [1.29, 1.82) is 0 Å². The van der Waals surface area contributed by atoms with Gasteiger partial charge in [-0.1, -0.05) is 134 Å². The first kappa shape index (κ1) is 25.2. The topological polar surface area (TPSA) is 23.5 Å². The molecule has 0 saturated carbocycles. The molecule has 1 N–H and O–H groups in total. The van der Waals surface area contributed by atoms with Crippen molar-refractivity contribution in [3.8, 4) is 0 Å². The molecule has 0 aromatic heterocycles. The molecule has 0 radical (unpaired) electrons. The van der Waals surface area contributed by atoms with Gasteiger partial charge in [0.25, 0.3) is 0 Å². The van der Waals surface area contributed by atoms with Crippen LogP contribution >= 0.6 is 0 Å². The second kappa shape index (κ2) is 19.5. The van der Waals surface area contributed by atoms with Gasteiger partial charge in [0, 0.05) is 13.1 Å². The summed E-state index contributed by atoms with van der Waals surface area (Å²) in [5, 5.41) is 9.54. The van der Waals surface area contributed by atoms with Crippen LogP contribution in [0, 0.1) is 0 Å². The van der Waals surface area contributed by atoms with Crippen molar-refractivity contribution in [1.82, 2.24) is 4.90 Å². The van der Waals surface area contributed by atoms with E-state index >= 15 is 0 Å². The second-order valence-corrected chi connectivity index (χ2v) is 8.48. The van der Waals surface area contributed by atoms with Crippen LogP contribution in [0.2, 0.25) is 0 Å². The summed E-state index contributed by atoms with van der Waals surface area (Å²) in [7, 11) is 0. The SMILES string of the molecule is CCCCCCCCCCCCCCCCCCN(CO)Cc1ccccc1. The number of hydrogen-bond donors (Lipinski definition) is 1. The lowest BCUT2D eigenvalue weighted by molar-refractivity contribution is 0.0986. The molecule has 0 fully saturated rings. The Labute approximate surface area is 175 Å². The van der Waals surface area contributed by atoms with Gasteiger partial charge in [0.1, 0.15) is 0 Å². The molecule has 0 aliphatic heterocycles. The fraction of sp³-hybridized carbons (Fsp3) is 0.769. The average Bonchev–Trinajstić information content (AvgIpc) is 2.73. The zero-order valence-electron chi connectivity index (χ0n) is 18.7. The lowest BCUT2D eigenvalue weighted by Crippen LogP contribution is -2.25. The van der Waals surface area contributed by atoms with Gasteiger partial charge in [0.15, 0.2) is 0 Å². The zero-order valence-corrected chi connectivity index (χ0v) is 18.7. The fourth-order valence-corrected chi connectivity index (χ4v) is 3.92. The van der Waals surface area contributed by atoms with E-state index in [9.17, 15) is 5.11 Å². The van der Waals surface area contributed by atoms with Crippen LogP contribution in [0.5, 0.6) is 0 Å². The Morgan fingerprint density at radius 3 is 1.46 bits per heavy atom. The molecule has 0 spiro atoms. The molecule has 0 heterocycles. The van der Waals surface area contributed by atoms with Gasteiger partial charge < -0.3 is 5.11 Å². The van der Waals surface area contributed by atoms with Crippen molar-refractivity contribution in [2.24, 2.45) is 0 Å². The first-order valence-electron chi connectivity index (χ1n) is 12.2. The largest absolute Gasteiger partial charge is 0.381 e. The minimum absolute atomic E-state index is 0.160. The van der Waals surface area contributed by atoms with Gasteiger partial charge in [-0.3, -0.25) is 4.90 Å². The first-order valence-corrected chi connectivity index (χ1v) is 12.2. The van der Waals surface area contributed by atoms with E-state index in [-0.39, 0.29) is 6.73 Å². The van der Waals surface area contributed by atoms with Crippen LogP contribution in [0.4, 0.5) is 0 Å².